The van der Waals surface area contributed by atoms with Gasteiger partial charge in [-0.25, -0.2) is 0 Å². The third-order valence-corrected chi connectivity index (χ3v) is 0. The first-order valence-corrected chi connectivity index (χ1v) is 1.93. The molecule has 0 spiro atoms. The van der Waals surface area contributed by atoms with Crippen LogP contribution in [0.4, 0.5) is 0 Å². The molecular formula is C4H11ClO2. The van der Waals surface area contributed by atoms with Crippen molar-refractivity contribution in [3.8, 4) is 0 Å². The Balaban J connectivity index is -0.0000000480. The van der Waals surface area contributed by atoms with Crippen LogP contribution in [0.5, 0.6) is 0 Å². The number of hydrogen-bond donors (Lipinski definition) is 1. The normalized spacial score (nSPS) is 4.43. The second-order valence-electron chi connectivity index (χ2n) is 0.519. The summed E-state index contributed by atoms with van der Waals surface area (Å²) >= 11 is 0. The summed E-state index contributed by atoms with van der Waals surface area (Å²) in [6.07, 6.45) is 0. The number of halogens is 1. The number of hydrogen-bond acceptors (Lipinski definition) is 1. The number of carboxylic acid groups (broad SMARTS) is 1. The van der Waals surface area contributed by atoms with E-state index in [1.54, 1.807) is 0 Å². The molecule has 0 fully saturated rings. The van der Waals surface area contributed by atoms with Gasteiger partial charge in [-0.2, -0.15) is 0 Å². The summed E-state index contributed by atoms with van der Waals surface area (Å²) in [4.78, 5) is 9.00. The maximum atomic E-state index is 9.00. The van der Waals surface area contributed by atoms with E-state index in [1.807, 2.05) is 13.8 Å². The lowest BCUT2D eigenvalue weighted by Crippen LogP contribution is -1.78. The molecule has 0 aliphatic heterocycles. The van der Waals surface area contributed by atoms with Crippen LogP contribution >= 0.6 is 12.4 Å². The highest BCUT2D eigenvalue weighted by atomic mass is 35.5. The molecule has 0 unspecified atom stereocenters. The van der Waals surface area contributed by atoms with Crippen LogP contribution in [-0.4, -0.2) is 11.1 Å². The first kappa shape index (κ1) is 15.9. The van der Waals surface area contributed by atoms with Crippen molar-refractivity contribution in [1.82, 2.24) is 0 Å². The molecule has 0 aromatic rings. The molecular weight excluding hydrogens is 115 g/mol. The fourth-order valence-corrected chi connectivity index (χ4v) is 0. The highest BCUT2D eigenvalue weighted by Crippen LogP contribution is 1.42. The van der Waals surface area contributed by atoms with E-state index in [2.05, 4.69) is 0 Å². The lowest BCUT2D eigenvalue weighted by molar-refractivity contribution is -0.134. The van der Waals surface area contributed by atoms with E-state index in [1.165, 1.54) is 0 Å². The number of carboxylic acids is 1. The molecule has 0 aromatic carbocycles. The summed E-state index contributed by atoms with van der Waals surface area (Å²) in [7, 11) is 0. The van der Waals surface area contributed by atoms with Gasteiger partial charge in [0, 0.05) is 6.92 Å². The van der Waals surface area contributed by atoms with Gasteiger partial charge in [-0.1, -0.05) is 13.8 Å². The highest BCUT2D eigenvalue weighted by molar-refractivity contribution is 5.85. The van der Waals surface area contributed by atoms with Gasteiger partial charge < -0.3 is 5.11 Å². The van der Waals surface area contributed by atoms with Crippen LogP contribution in [0.15, 0.2) is 0 Å². The Labute approximate surface area is 49.9 Å². The molecule has 0 aromatic heterocycles. The van der Waals surface area contributed by atoms with E-state index in [0.717, 1.165) is 6.92 Å². The highest BCUT2D eigenvalue weighted by Gasteiger charge is 1.65. The molecule has 0 heterocycles. The van der Waals surface area contributed by atoms with Crippen LogP contribution in [0.2, 0.25) is 0 Å². The third-order valence-electron chi connectivity index (χ3n) is 0. The first-order valence-electron chi connectivity index (χ1n) is 1.93. The Morgan fingerprint density at radius 2 is 1.43 bits per heavy atom. The quantitative estimate of drug-likeness (QED) is 0.535. The molecule has 0 aliphatic carbocycles. The predicted molar refractivity (Wildman–Crippen MR) is 31.9 cm³/mol. The molecule has 7 heavy (non-hydrogen) atoms. The zero-order valence-electron chi connectivity index (χ0n) is 4.76. The Bertz CT molecular complexity index is 32.7. The molecule has 46 valence electrons. The van der Waals surface area contributed by atoms with Crippen LogP contribution in [0.1, 0.15) is 20.8 Å². The van der Waals surface area contributed by atoms with Crippen LogP contribution < -0.4 is 0 Å². The molecule has 0 saturated heterocycles. The lowest BCUT2D eigenvalue weighted by Gasteiger charge is -1.59. The van der Waals surface area contributed by atoms with E-state index in [0.29, 0.717) is 0 Å². The average Bonchev–Trinajstić information content (AvgIpc) is 1.41. The van der Waals surface area contributed by atoms with Crippen LogP contribution in [-0.2, 0) is 4.79 Å². The van der Waals surface area contributed by atoms with Crippen molar-refractivity contribution in [3.05, 3.63) is 0 Å². The molecule has 0 amide bonds. The van der Waals surface area contributed by atoms with Crippen molar-refractivity contribution in [2.75, 3.05) is 0 Å². The topological polar surface area (TPSA) is 37.3 Å². The van der Waals surface area contributed by atoms with Gasteiger partial charge in [-0.05, 0) is 0 Å². The fourth-order valence-electron chi connectivity index (χ4n) is 0. The smallest absolute Gasteiger partial charge is 0.300 e. The van der Waals surface area contributed by atoms with E-state index >= 15 is 0 Å². The summed E-state index contributed by atoms with van der Waals surface area (Å²) in [6.45, 7) is 5.08. The van der Waals surface area contributed by atoms with Crippen molar-refractivity contribution in [2.45, 2.75) is 20.8 Å². The summed E-state index contributed by atoms with van der Waals surface area (Å²) in [6, 6.07) is 0. The first-order chi connectivity index (χ1) is 2.73. The summed E-state index contributed by atoms with van der Waals surface area (Å²) in [5, 5.41) is 7.42. The van der Waals surface area contributed by atoms with Crippen molar-refractivity contribution < 1.29 is 9.90 Å². The van der Waals surface area contributed by atoms with Crippen LogP contribution in [0.25, 0.3) is 0 Å². The van der Waals surface area contributed by atoms with E-state index in [4.69, 9.17) is 9.90 Å². The minimum absolute atomic E-state index is 0. The predicted octanol–water partition coefficient (Wildman–Crippen LogP) is 1.54. The standard InChI is InChI=1S/C2H4O2.C2H6.ClH/c1-2(3)4;1-2;/h1H3,(H,3,4);1-2H3;1H. The molecule has 0 aliphatic rings. The van der Waals surface area contributed by atoms with Crippen LogP contribution in [0, 0.1) is 0 Å². The average molecular weight is 127 g/mol. The second kappa shape index (κ2) is 17.1. The number of aliphatic carboxylic acids is 1. The molecule has 0 bridgehead atoms. The zero-order valence-corrected chi connectivity index (χ0v) is 5.58. The van der Waals surface area contributed by atoms with E-state index in [-0.39, 0.29) is 12.4 Å². The summed E-state index contributed by atoms with van der Waals surface area (Å²) < 4.78 is 0. The fraction of sp³-hybridized carbons (Fsp3) is 0.750. The van der Waals surface area contributed by atoms with E-state index in [9.17, 15) is 0 Å². The van der Waals surface area contributed by atoms with Gasteiger partial charge in [0.05, 0.1) is 0 Å². The maximum absolute atomic E-state index is 9.00. The Hall–Kier alpha value is -0.240. The number of rotatable bonds is 0. The van der Waals surface area contributed by atoms with Crippen molar-refractivity contribution in [2.24, 2.45) is 0 Å². The Morgan fingerprint density at radius 1 is 1.43 bits per heavy atom. The summed E-state index contributed by atoms with van der Waals surface area (Å²) in [5.74, 6) is -0.833. The Kier molecular flexibility index (Phi) is 38.8. The lowest BCUT2D eigenvalue weighted by atomic mass is 10.9. The minimum Gasteiger partial charge on any atom is -0.481 e. The van der Waals surface area contributed by atoms with Gasteiger partial charge in [-0.15, -0.1) is 12.4 Å². The SMILES string of the molecule is CC.CC(=O)O.Cl. The van der Waals surface area contributed by atoms with Gasteiger partial charge in [0.25, 0.3) is 5.97 Å². The molecule has 0 atom stereocenters. The largest absolute Gasteiger partial charge is 0.481 e. The van der Waals surface area contributed by atoms with Crippen molar-refractivity contribution >= 4 is 18.4 Å². The minimum atomic E-state index is -0.833. The molecule has 0 radical (unpaired) electrons. The molecule has 2 nitrogen and oxygen atoms in total. The third kappa shape index (κ3) is 1410. The van der Waals surface area contributed by atoms with Crippen LogP contribution in [0.3, 0.4) is 0 Å². The second-order valence-corrected chi connectivity index (χ2v) is 0.519. The monoisotopic (exact) mass is 126 g/mol. The van der Waals surface area contributed by atoms with Gasteiger partial charge in [-0.3, -0.25) is 4.79 Å². The van der Waals surface area contributed by atoms with Crippen molar-refractivity contribution in [3.63, 3.8) is 0 Å². The van der Waals surface area contributed by atoms with Crippen molar-refractivity contribution in [1.29, 1.82) is 0 Å². The van der Waals surface area contributed by atoms with E-state index < -0.39 is 5.97 Å². The maximum Gasteiger partial charge on any atom is 0.300 e. The number of carbonyl (C=O) groups is 1. The van der Waals surface area contributed by atoms with Gasteiger partial charge in [0.1, 0.15) is 0 Å². The summed E-state index contributed by atoms with van der Waals surface area (Å²) in [5.41, 5.74) is 0. The molecule has 0 saturated carbocycles. The zero-order chi connectivity index (χ0) is 5.58. The van der Waals surface area contributed by atoms with Gasteiger partial charge >= 0.3 is 0 Å². The molecule has 3 heteroatoms. The van der Waals surface area contributed by atoms with Gasteiger partial charge in [0.2, 0.25) is 0 Å². The molecule has 0 rings (SSSR count). The van der Waals surface area contributed by atoms with Gasteiger partial charge in [0.15, 0.2) is 0 Å². The Morgan fingerprint density at radius 3 is 1.43 bits per heavy atom. The molecule has 1 N–H and O–H groups in total.